The Balaban J connectivity index is 2.09. The van der Waals surface area contributed by atoms with Crippen molar-refractivity contribution in [2.45, 2.75) is 40.7 Å². The van der Waals surface area contributed by atoms with Crippen molar-refractivity contribution in [3.05, 3.63) is 41.7 Å². The van der Waals surface area contributed by atoms with Gasteiger partial charge in [0.1, 0.15) is 17.8 Å². The number of hydrogen-bond donors (Lipinski definition) is 0. The molecule has 0 aliphatic heterocycles. The Kier molecular flexibility index (Phi) is 7.69. The molecule has 1 aromatic carbocycles. The van der Waals surface area contributed by atoms with E-state index >= 15 is 0 Å². The van der Waals surface area contributed by atoms with Crippen LogP contribution in [0.4, 0.5) is 16.1 Å². The first-order valence-electron chi connectivity index (χ1n) is 10.7. The lowest BCUT2D eigenvalue weighted by Gasteiger charge is -2.16. The first-order chi connectivity index (χ1) is 15.6. The third-order valence-electron chi connectivity index (χ3n) is 5.26. The number of benzene rings is 1. The first kappa shape index (κ1) is 23.1. The maximum Gasteiger partial charge on any atom is 0.251 e. The van der Waals surface area contributed by atoms with Crippen molar-refractivity contribution < 1.29 is 0 Å². The topological polar surface area (TPSA) is 106 Å². The molecule has 8 nitrogen and oxygen atoms in total. The molecule has 32 heavy (non-hydrogen) atoms. The van der Waals surface area contributed by atoms with Gasteiger partial charge in [0.05, 0.1) is 0 Å². The van der Waals surface area contributed by atoms with Gasteiger partial charge in [-0.3, -0.25) is 4.57 Å². The summed E-state index contributed by atoms with van der Waals surface area (Å²) in [4.78, 5) is 11.3. The van der Waals surface area contributed by atoms with Gasteiger partial charge in [-0.15, -0.1) is 10.2 Å². The number of thiazole rings is 1. The second kappa shape index (κ2) is 10.7. The highest BCUT2D eigenvalue weighted by atomic mass is 32.1. The highest BCUT2D eigenvalue weighted by Gasteiger charge is 2.20. The summed E-state index contributed by atoms with van der Waals surface area (Å²) in [6.07, 6.45) is 0.932. The van der Waals surface area contributed by atoms with Crippen LogP contribution in [-0.4, -0.2) is 27.6 Å². The van der Waals surface area contributed by atoms with Crippen LogP contribution >= 0.6 is 11.3 Å². The molecule has 164 valence electrons. The van der Waals surface area contributed by atoms with E-state index in [1.54, 1.807) is 4.57 Å². The van der Waals surface area contributed by atoms with Crippen LogP contribution in [-0.2, 0) is 6.54 Å². The zero-order valence-electron chi connectivity index (χ0n) is 18.8. The van der Waals surface area contributed by atoms with Crippen LogP contribution in [0.2, 0.25) is 0 Å². The molecule has 2 heterocycles. The van der Waals surface area contributed by atoms with Gasteiger partial charge in [-0.25, -0.2) is 4.98 Å². The highest BCUT2D eigenvalue weighted by molar-refractivity contribution is 7.19. The molecule has 2 aromatic heterocycles. The van der Waals surface area contributed by atoms with Crippen molar-refractivity contribution in [2.75, 3.05) is 18.0 Å². The van der Waals surface area contributed by atoms with Gasteiger partial charge in [-0.05, 0) is 19.8 Å². The number of hydrogen-bond acceptors (Lipinski definition) is 8. The fourth-order valence-corrected chi connectivity index (χ4v) is 4.23. The molecule has 0 fully saturated rings. The molecule has 0 N–H and O–H groups in total. The normalized spacial score (nSPS) is 11.9. The summed E-state index contributed by atoms with van der Waals surface area (Å²) in [5.41, 5.74) is 2.00. The molecular formula is C23H26N8S. The van der Waals surface area contributed by atoms with Gasteiger partial charge in [0, 0.05) is 25.2 Å². The standard InChI is InChI=1S/C23H26N8S/c1-5-16(4)15-31-19(14-25)18(13-24)26-22(31)29-28-21-20(17-11-9-8-10-12-17)27-23(32-21)30(6-2)7-3/h8-12,16H,5-7,15H2,1-4H3. The summed E-state index contributed by atoms with van der Waals surface area (Å²) in [7, 11) is 0. The first-order valence-corrected chi connectivity index (χ1v) is 11.5. The molecule has 0 amide bonds. The van der Waals surface area contributed by atoms with Crippen molar-refractivity contribution in [1.29, 1.82) is 10.5 Å². The van der Waals surface area contributed by atoms with E-state index in [-0.39, 0.29) is 17.3 Å². The minimum absolute atomic E-state index is 0.0705. The SMILES string of the molecule is CCC(C)Cn1c(N=Nc2sc(N(CC)CC)nc2-c2ccccc2)nc(C#N)c1C#N. The third kappa shape index (κ3) is 4.84. The maximum absolute atomic E-state index is 9.58. The summed E-state index contributed by atoms with van der Waals surface area (Å²) in [6.45, 7) is 10.6. The molecule has 3 rings (SSSR count). The summed E-state index contributed by atoms with van der Waals surface area (Å²) >= 11 is 1.46. The summed E-state index contributed by atoms with van der Waals surface area (Å²) in [5.74, 6) is 0.560. The molecule has 1 atom stereocenters. The minimum atomic E-state index is 0.0705. The Morgan fingerprint density at radius 3 is 2.38 bits per heavy atom. The van der Waals surface area contributed by atoms with Crippen molar-refractivity contribution in [2.24, 2.45) is 16.1 Å². The lowest BCUT2D eigenvalue weighted by Crippen LogP contribution is -2.21. The molecule has 0 spiro atoms. The van der Waals surface area contributed by atoms with E-state index in [0.29, 0.717) is 17.5 Å². The lowest BCUT2D eigenvalue weighted by molar-refractivity contribution is 0.468. The van der Waals surface area contributed by atoms with E-state index < -0.39 is 0 Å². The van der Waals surface area contributed by atoms with Gasteiger partial charge in [0.15, 0.2) is 21.5 Å². The third-order valence-corrected chi connectivity index (χ3v) is 6.26. The molecule has 0 bridgehead atoms. The van der Waals surface area contributed by atoms with Crippen molar-refractivity contribution >= 4 is 27.4 Å². The lowest BCUT2D eigenvalue weighted by atomic mass is 10.1. The molecule has 9 heteroatoms. The van der Waals surface area contributed by atoms with Crippen LogP contribution in [0, 0.1) is 28.6 Å². The van der Waals surface area contributed by atoms with E-state index in [2.05, 4.69) is 53.9 Å². The number of anilines is 1. The number of nitrogens with zero attached hydrogens (tertiary/aromatic N) is 8. The number of aromatic nitrogens is 3. The predicted molar refractivity (Wildman–Crippen MR) is 126 cm³/mol. The van der Waals surface area contributed by atoms with Crippen LogP contribution < -0.4 is 4.90 Å². The molecule has 0 saturated carbocycles. The van der Waals surface area contributed by atoms with Gasteiger partial charge in [0.2, 0.25) is 0 Å². The number of nitriles is 2. The van der Waals surface area contributed by atoms with Gasteiger partial charge in [0.25, 0.3) is 5.95 Å². The van der Waals surface area contributed by atoms with Crippen LogP contribution in [0.15, 0.2) is 40.6 Å². The molecule has 0 aliphatic carbocycles. The number of azo groups is 1. The summed E-state index contributed by atoms with van der Waals surface area (Å²) < 4.78 is 1.69. The van der Waals surface area contributed by atoms with Crippen LogP contribution in [0.3, 0.4) is 0 Å². The fraction of sp³-hybridized carbons (Fsp3) is 0.391. The van der Waals surface area contributed by atoms with E-state index in [0.717, 1.165) is 35.9 Å². The predicted octanol–water partition coefficient (Wildman–Crippen LogP) is 6.06. The molecule has 0 radical (unpaired) electrons. The smallest absolute Gasteiger partial charge is 0.251 e. The van der Waals surface area contributed by atoms with Crippen molar-refractivity contribution in [1.82, 2.24) is 14.5 Å². The Morgan fingerprint density at radius 1 is 1.06 bits per heavy atom. The minimum Gasteiger partial charge on any atom is -0.349 e. The Hall–Kier alpha value is -3.56. The van der Waals surface area contributed by atoms with Gasteiger partial charge >= 0.3 is 0 Å². The largest absolute Gasteiger partial charge is 0.349 e. The van der Waals surface area contributed by atoms with E-state index in [9.17, 15) is 10.5 Å². The van der Waals surface area contributed by atoms with E-state index in [1.165, 1.54) is 11.3 Å². The number of rotatable bonds is 9. The van der Waals surface area contributed by atoms with Gasteiger partial charge in [-0.2, -0.15) is 15.5 Å². The second-order valence-corrected chi connectivity index (χ2v) is 8.30. The van der Waals surface area contributed by atoms with Crippen molar-refractivity contribution in [3.8, 4) is 23.4 Å². The molecular weight excluding hydrogens is 420 g/mol. The zero-order valence-corrected chi connectivity index (χ0v) is 19.6. The molecule has 0 saturated heterocycles. The van der Waals surface area contributed by atoms with Gasteiger partial charge in [-0.1, -0.05) is 61.9 Å². The monoisotopic (exact) mass is 446 g/mol. The van der Waals surface area contributed by atoms with Crippen LogP contribution in [0.5, 0.6) is 0 Å². The Bertz CT molecular complexity index is 1160. The zero-order chi connectivity index (χ0) is 23.1. The van der Waals surface area contributed by atoms with Crippen molar-refractivity contribution in [3.63, 3.8) is 0 Å². The van der Waals surface area contributed by atoms with E-state index in [4.69, 9.17) is 4.98 Å². The average Bonchev–Trinajstić information content (AvgIpc) is 3.40. The quantitative estimate of drug-likeness (QED) is 0.371. The number of imidazole rings is 1. The summed E-state index contributed by atoms with van der Waals surface area (Å²) in [6, 6.07) is 14.0. The van der Waals surface area contributed by atoms with E-state index in [1.807, 2.05) is 36.4 Å². The average molecular weight is 447 g/mol. The van der Waals surface area contributed by atoms with Crippen LogP contribution in [0.25, 0.3) is 11.3 Å². The van der Waals surface area contributed by atoms with Crippen LogP contribution in [0.1, 0.15) is 45.5 Å². The fourth-order valence-electron chi connectivity index (χ4n) is 3.19. The maximum atomic E-state index is 9.58. The van der Waals surface area contributed by atoms with Gasteiger partial charge < -0.3 is 4.90 Å². The molecule has 0 aliphatic rings. The Morgan fingerprint density at radius 2 is 1.78 bits per heavy atom. The summed E-state index contributed by atoms with van der Waals surface area (Å²) in [5, 5.41) is 29.4. The molecule has 1 unspecified atom stereocenters. The molecule has 3 aromatic rings. The second-order valence-electron chi connectivity index (χ2n) is 7.35. The Labute approximate surface area is 192 Å². The highest BCUT2D eigenvalue weighted by Crippen LogP contribution is 2.40.